The van der Waals surface area contributed by atoms with E-state index in [1.165, 1.54) is 12.7 Å². The van der Waals surface area contributed by atoms with E-state index < -0.39 is 10.0 Å². The van der Waals surface area contributed by atoms with Crippen molar-refractivity contribution in [1.82, 2.24) is 4.72 Å². The van der Waals surface area contributed by atoms with Crippen LogP contribution in [0, 0.1) is 0 Å². The highest BCUT2D eigenvalue weighted by Gasteiger charge is 2.24. The maximum Gasteiger partial charge on any atom is 0.244 e. The van der Waals surface area contributed by atoms with Gasteiger partial charge in [0.15, 0.2) is 0 Å². The van der Waals surface area contributed by atoms with E-state index >= 15 is 0 Å². The average molecular weight is 311 g/mol. The van der Waals surface area contributed by atoms with Gasteiger partial charge >= 0.3 is 0 Å². The minimum atomic E-state index is -3.53. The molecule has 21 heavy (non-hydrogen) atoms. The molecule has 0 amide bonds. The number of aryl methyl sites for hydroxylation is 2. The second-order valence-corrected chi connectivity index (χ2v) is 7.47. The molecule has 5 heteroatoms. The summed E-state index contributed by atoms with van der Waals surface area (Å²) in [4.78, 5) is 0.272. The first-order valence-corrected chi connectivity index (χ1v) is 9.18. The van der Waals surface area contributed by atoms with Crippen LogP contribution in [-0.2, 0) is 22.9 Å². The summed E-state index contributed by atoms with van der Waals surface area (Å²) in [7, 11) is -2.01. The van der Waals surface area contributed by atoms with Crippen molar-refractivity contribution in [3.8, 4) is 5.75 Å². The SMILES string of the molecule is CCC[C@@H](C)NS(=O)(=O)c1cc2c(cc1OC)CCCC2. The summed E-state index contributed by atoms with van der Waals surface area (Å²) < 4.78 is 33.3. The lowest BCUT2D eigenvalue weighted by molar-refractivity contribution is 0.400. The van der Waals surface area contributed by atoms with Crippen molar-refractivity contribution < 1.29 is 13.2 Å². The average Bonchev–Trinajstić information content (AvgIpc) is 2.45. The third-order valence-corrected chi connectivity index (χ3v) is 5.61. The Morgan fingerprint density at radius 3 is 2.43 bits per heavy atom. The Morgan fingerprint density at radius 1 is 1.24 bits per heavy atom. The standard InChI is InChI=1S/C16H25NO3S/c1-4-7-12(2)17-21(18,19)16-11-14-9-6-5-8-13(14)10-15(16)20-3/h10-12,17H,4-9H2,1-3H3/t12-/m1/s1. The van der Waals surface area contributed by atoms with E-state index in [1.54, 1.807) is 6.07 Å². The molecular weight excluding hydrogens is 286 g/mol. The molecule has 2 rings (SSSR count). The van der Waals surface area contributed by atoms with E-state index in [-0.39, 0.29) is 10.9 Å². The summed E-state index contributed by atoms with van der Waals surface area (Å²) in [6.07, 6.45) is 6.02. The highest BCUT2D eigenvalue weighted by atomic mass is 32.2. The van der Waals surface area contributed by atoms with Crippen LogP contribution >= 0.6 is 0 Å². The number of hydrogen-bond acceptors (Lipinski definition) is 3. The van der Waals surface area contributed by atoms with E-state index in [4.69, 9.17) is 4.74 Å². The maximum absolute atomic E-state index is 12.6. The Hall–Kier alpha value is -1.07. The van der Waals surface area contributed by atoms with Crippen LogP contribution in [0.5, 0.6) is 5.75 Å². The van der Waals surface area contributed by atoms with Gasteiger partial charge in [-0.25, -0.2) is 13.1 Å². The van der Waals surface area contributed by atoms with E-state index in [0.717, 1.165) is 44.1 Å². The van der Waals surface area contributed by atoms with Gasteiger partial charge in [-0.2, -0.15) is 0 Å². The number of rotatable bonds is 6. The molecule has 1 aromatic carbocycles. The van der Waals surface area contributed by atoms with Gasteiger partial charge in [0.25, 0.3) is 0 Å². The first kappa shape index (κ1) is 16.3. The monoisotopic (exact) mass is 311 g/mol. The van der Waals surface area contributed by atoms with Crippen LogP contribution in [0.25, 0.3) is 0 Å². The Labute approximate surface area is 127 Å². The van der Waals surface area contributed by atoms with Gasteiger partial charge in [-0.1, -0.05) is 13.3 Å². The predicted molar refractivity (Wildman–Crippen MR) is 84.3 cm³/mol. The predicted octanol–water partition coefficient (Wildman–Crippen LogP) is 3.04. The lowest BCUT2D eigenvalue weighted by atomic mass is 9.92. The molecule has 0 unspecified atom stereocenters. The number of ether oxygens (including phenoxy) is 1. The molecule has 118 valence electrons. The molecule has 0 saturated carbocycles. The topological polar surface area (TPSA) is 55.4 Å². The summed E-state index contributed by atoms with van der Waals surface area (Å²) in [6.45, 7) is 3.94. The Bertz CT molecular complexity index is 596. The molecule has 0 aromatic heterocycles. The van der Waals surface area contributed by atoms with E-state index in [9.17, 15) is 8.42 Å². The summed E-state index contributed by atoms with van der Waals surface area (Å²) in [5.41, 5.74) is 2.37. The van der Waals surface area contributed by atoms with Crippen molar-refractivity contribution in [2.24, 2.45) is 0 Å². The number of fused-ring (bicyclic) bond motifs is 1. The fraction of sp³-hybridized carbons (Fsp3) is 0.625. The summed E-state index contributed by atoms with van der Waals surface area (Å²) in [5, 5.41) is 0. The number of benzene rings is 1. The Kier molecular flexibility index (Phi) is 5.27. The fourth-order valence-corrected chi connectivity index (χ4v) is 4.41. The van der Waals surface area contributed by atoms with Crippen molar-refractivity contribution in [2.75, 3.05) is 7.11 Å². The molecule has 1 aromatic rings. The molecule has 0 fully saturated rings. The second-order valence-electron chi connectivity index (χ2n) is 5.79. The van der Waals surface area contributed by atoms with Crippen molar-refractivity contribution >= 4 is 10.0 Å². The molecule has 1 aliphatic carbocycles. The van der Waals surface area contributed by atoms with Gasteiger partial charge in [0.05, 0.1) is 7.11 Å². The van der Waals surface area contributed by atoms with Crippen LogP contribution in [0.1, 0.15) is 50.7 Å². The molecule has 1 atom stereocenters. The van der Waals surface area contributed by atoms with Gasteiger partial charge in [0, 0.05) is 6.04 Å². The molecule has 0 spiro atoms. The van der Waals surface area contributed by atoms with Gasteiger partial charge in [0.1, 0.15) is 10.6 Å². The van der Waals surface area contributed by atoms with Crippen LogP contribution in [0.4, 0.5) is 0 Å². The fourth-order valence-electron chi connectivity index (χ4n) is 2.93. The van der Waals surface area contributed by atoms with Crippen molar-refractivity contribution in [1.29, 1.82) is 0 Å². The lowest BCUT2D eigenvalue weighted by Crippen LogP contribution is -2.32. The van der Waals surface area contributed by atoms with E-state index in [0.29, 0.717) is 5.75 Å². The van der Waals surface area contributed by atoms with E-state index in [1.807, 2.05) is 19.9 Å². The van der Waals surface area contributed by atoms with Gasteiger partial charge < -0.3 is 4.74 Å². The van der Waals surface area contributed by atoms with Gasteiger partial charge in [-0.05, 0) is 62.3 Å². The van der Waals surface area contributed by atoms with Crippen molar-refractivity contribution in [3.63, 3.8) is 0 Å². The molecule has 0 bridgehead atoms. The normalized spacial score (nSPS) is 16.3. The number of hydrogen-bond donors (Lipinski definition) is 1. The van der Waals surface area contributed by atoms with Crippen LogP contribution in [-0.4, -0.2) is 21.6 Å². The molecule has 0 heterocycles. The highest BCUT2D eigenvalue weighted by molar-refractivity contribution is 7.89. The highest BCUT2D eigenvalue weighted by Crippen LogP contribution is 2.32. The smallest absolute Gasteiger partial charge is 0.244 e. The van der Waals surface area contributed by atoms with Gasteiger partial charge in [-0.3, -0.25) is 0 Å². The van der Waals surface area contributed by atoms with Gasteiger partial charge in [0.2, 0.25) is 10.0 Å². The molecule has 0 saturated heterocycles. The van der Waals surface area contributed by atoms with Crippen LogP contribution in [0.3, 0.4) is 0 Å². The van der Waals surface area contributed by atoms with Crippen molar-refractivity contribution in [3.05, 3.63) is 23.3 Å². The Balaban J connectivity index is 2.37. The largest absolute Gasteiger partial charge is 0.495 e. The minimum absolute atomic E-state index is 0.0688. The Morgan fingerprint density at radius 2 is 1.86 bits per heavy atom. The second kappa shape index (κ2) is 6.79. The number of methoxy groups -OCH3 is 1. The van der Waals surface area contributed by atoms with Gasteiger partial charge in [-0.15, -0.1) is 0 Å². The number of sulfonamides is 1. The third-order valence-electron chi connectivity index (χ3n) is 4.00. The molecular formula is C16H25NO3S. The summed E-state index contributed by atoms with van der Waals surface area (Å²) in [5.74, 6) is 0.451. The van der Waals surface area contributed by atoms with Crippen molar-refractivity contribution in [2.45, 2.75) is 63.3 Å². The summed E-state index contributed by atoms with van der Waals surface area (Å²) >= 11 is 0. The first-order valence-electron chi connectivity index (χ1n) is 7.70. The van der Waals surface area contributed by atoms with Crippen LogP contribution in [0.2, 0.25) is 0 Å². The zero-order valence-electron chi connectivity index (χ0n) is 13.1. The maximum atomic E-state index is 12.6. The zero-order chi connectivity index (χ0) is 15.5. The molecule has 4 nitrogen and oxygen atoms in total. The molecule has 0 radical (unpaired) electrons. The van der Waals surface area contributed by atoms with Crippen LogP contribution in [0.15, 0.2) is 17.0 Å². The van der Waals surface area contributed by atoms with E-state index in [2.05, 4.69) is 4.72 Å². The number of nitrogens with one attached hydrogen (secondary N) is 1. The summed E-state index contributed by atoms with van der Waals surface area (Å²) in [6, 6.07) is 3.63. The van der Waals surface area contributed by atoms with Crippen LogP contribution < -0.4 is 9.46 Å². The minimum Gasteiger partial charge on any atom is -0.495 e. The quantitative estimate of drug-likeness (QED) is 0.878. The third kappa shape index (κ3) is 3.77. The molecule has 1 N–H and O–H groups in total. The first-order chi connectivity index (χ1) is 9.97. The zero-order valence-corrected chi connectivity index (χ0v) is 13.9. The molecule has 1 aliphatic rings. The molecule has 0 aliphatic heterocycles. The lowest BCUT2D eigenvalue weighted by Gasteiger charge is -2.20.